The molecule has 18 heavy (non-hydrogen) atoms. The summed E-state index contributed by atoms with van der Waals surface area (Å²) in [6.07, 6.45) is 1.55. The van der Waals surface area contributed by atoms with Crippen LogP contribution in [0.1, 0.15) is 26.3 Å². The first kappa shape index (κ1) is 14.0. The first-order chi connectivity index (χ1) is 8.37. The van der Waals surface area contributed by atoms with Gasteiger partial charge in [-0.1, -0.05) is 18.7 Å². The number of esters is 2. The lowest BCUT2D eigenvalue weighted by Crippen LogP contribution is -2.25. The lowest BCUT2D eigenvalue weighted by Gasteiger charge is -2.26. The number of rotatable bonds is 4. The molecule has 0 bridgehead atoms. The van der Waals surface area contributed by atoms with Gasteiger partial charge in [0.2, 0.25) is 0 Å². The molecule has 0 saturated carbocycles. The lowest BCUT2D eigenvalue weighted by atomic mass is 9.96. The largest absolute Gasteiger partial charge is 0.450 e. The van der Waals surface area contributed by atoms with Crippen LogP contribution in [-0.4, -0.2) is 11.9 Å². The Morgan fingerprint density at radius 3 is 2.11 bits per heavy atom. The molecule has 0 aliphatic heterocycles. The van der Waals surface area contributed by atoms with Crippen LogP contribution in [0.15, 0.2) is 36.9 Å². The maximum absolute atomic E-state index is 11.1. The molecule has 0 N–H and O–H groups in total. The van der Waals surface area contributed by atoms with Gasteiger partial charge >= 0.3 is 11.9 Å². The van der Waals surface area contributed by atoms with Crippen LogP contribution in [-0.2, 0) is 19.9 Å². The van der Waals surface area contributed by atoms with E-state index in [1.807, 2.05) is 0 Å². The maximum Gasteiger partial charge on any atom is 0.308 e. The number of hydrogen-bond donors (Lipinski definition) is 0. The highest BCUT2D eigenvalue weighted by Gasteiger charge is 2.26. The molecule has 0 amide bonds. The molecule has 0 aromatic heterocycles. The van der Waals surface area contributed by atoms with E-state index in [1.165, 1.54) is 13.8 Å². The van der Waals surface area contributed by atoms with Crippen molar-refractivity contribution in [3.05, 3.63) is 42.5 Å². The molecule has 1 atom stereocenters. The van der Waals surface area contributed by atoms with E-state index >= 15 is 0 Å². The van der Waals surface area contributed by atoms with E-state index in [9.17, 15) is 9.59 Å². The molecule has 0 heterocycles. The average molecular weight is 248 g/mol. The van der Waals surface area contributed by atoms with Crippen LogP contribution in [0.5, 0.6) is 5.75 Å². The number of hydrogen-bond acceptors (Lipinski definition) is 4. The molecule has 4 nitrogen and oxygen atoms in total. The molecule has 1 aromatic carbocycles. The van der Waals surface area contributed by atoms with Crippen LogP contribution < -0.4 is 4.74 Å². The number of carbonyl (C=O) groups excluding carboxylic acids is 2. The molecular weight excluding hydrogens is 232 g/mol. The first-order valence-electron chi connectivity index (χ1n) is 5.49. The highest BCUT2D eigenvalue weighted by molar-refractivity contribution is 5.69. The Labute approximate surface area is 106 Å². The van der Waals surface area contributed by atoms with Crippen LogP contribution in [0.2, 0.25) is 0 Å². The zero-order valence-corrected chi connectivity index (χ0v) is 10.7. The molecule has 1 rings (SSSR count). The van der Waals surface area contributed by atoms with Crippen molar-refractivity contribution < 1.29 is 19.1 Å². The van der Waals surface area contributed by atoms with Crippen LogP contribution in [0, 0.1) is 0 Å². The van der Waals surface area contributed by atoms with E-state index in [2.05, 4.69) is 6.58 Å². The molecule has 0 spiro atoms. The number of ether oxygens (including phenoxy) is 2. The Bertz CT molecular complexity index is 461. The summed E-state index contributed by atoms with van der Waals surface area (Å²) in [6.45, 7) is 8.08. The second kappa shape index (κ2) is 5.49. The van der Waals surface area contributed by atoms with Gasteiger partial charge in [0, 0.05) is 13.8 Å². The van der Waals surface area contributed by atoms with Crippen LogP contribution in [0.4, 0.5) is 0 Å². The molecular formula is C14H16O4. The summed E-state index contributed by atoms with van der Waals surface area (Å²) >= 11 is 0. The van der Waals surface area contributed by atoms with Gasteiger partial charge < -0.3 is 9.47 Å². The van der Waals surface area contributed by atoms with E-state index in [0.29, 0.717) is 5.75 Å². The Morgan fingerprint density at radius 2 is 1.72 bits per heavy atom. The van der Waals surface area contributed by atoms with Crippen molar-refractivity contribution >= 4 is 11.9 Å². The zero-order valence-electron chi connectivity index (χ0n) is 10.7. The predicted octanol–water partition coefficient (Wildman–Crippen LogP) is 2.58. The van der Waals surface area contributed by atoms with Gasteiger partial charge in [-0.2, -0.15) is 0 Å². The summed E-state index contributed by atoms with van der Waals surface area (Å²) in [6, 6.07) is 6.73. The first-order valence-corrected chi connectivity index (χ1v) is 5.49. The summed E-state index contributed by atoms with van der Waals surface area (Å²) in [5, 5.41) is 0. The van der Waals surface area contributed by atoms with Crippen molar-refractivity contribution in [1.29, 1.82) is 0 Å². The van der Waals surface area contributed by atoms with Crippen molar-refractivity contribution in [1.82, 2.24) is 0 Å². The van der Waals surface area contributed by atoms with Gasteiger partial charge in [0.15, 0.2) is 5.60 Å². The highest BCUT2D eigenvalue weighted by Crippen LogP contribution is 2.28. The second-order valence-corrected chi connectivity index (χ2v) is 4.02. The molecule has 0 fully saturated rings. The fourth-order valence-electron chi connectivity index (χ4n) is 1.54. The second-order valence-electron chi connectivity index (χ2n) is 4.02. The molecule has 0 unspecified atom stereocenters. The average Bonchev–Trinajstić information content (AvgIpc) is 2.28. The molecule has 4 heteroatoms. The monoisotopic (exact) mass is 248 g/mol. The quantitative estimate of drug-likeness (QED) is 0.467. The van der Waals surface area contributed by atoms with Crippen molar-refractivity contribution in [2.24, 2.45) is 0 Å². The fourth-order valence-corrected chi connectivity index (χ4v) is 1.54. The molecule has 0 radical (unpaired) electrons. The minimum atomic E-state index is -0.888. The standard InChI is InChI=1S/C14H16O4/c1-5-14(4,18-11(3)16)12-6-8-13(9-7-12)17-10(2)15/h5-9H,1H2,2-4H3/t14-/m0/s1. The third kappa shape index (κ3) is 3.45. The predicted molar refractivity (Wildman–Crippen MR) is 67.1 cm³/mol. The maximum atomic E-state index is 11.1. The lowest BCUT2D eigenvalue weighted by molar-refractivity contribution is -0.151. The highest BCUT2D eigenvalue weighted by atomic mass is 16.6. The Balaban J connectivity index is 2.98. The van der Waals surface area contributed by atoms with Gasteiger partial charge in [0.25, 0.3) is 0 Å². The van der Waals surface area contributed by atoms with Crippen LogP contribution in [0.25, 0.3) is 0 Å². The van der Waals surface area contributed by atoms with Gasteiger partial charge in [-0.25, -0.2) is 0 Å². The minimum Gasteiger partial charge on any atom is -0.450 e. The summed E-state index contributed by atoms with van der Waals surface area (Å²) in [5.41, 5.74) is -0.135. The van der Waals surface area contributed by atoms with Gasteiger partial charge in [-0.05, 0) is 30.7 Å². The van der Waals surface area contributed by atoms with Crippen molar-refractivity contribution in [2.45, 2.75) is 26.4 Å². The van der Waals surface area contributed by atoms with Crippen molar-refractivity contribution in [3.63, 3.8) is 0 Å². The summed E-state index contributed by atoms with van der Waals surface area (Å²) < 4.78 is 10.2. The third-order valence-electron chi connectivity index (χ3n) is 2.43. The SMILES string of the molecule is C=C[C@](C)(OC(C)=O)c1ccc(OC(C)=O)cc1. The summed E-state index contributed by atoms with van der Waals surface area (Å²) in [4.78, 5) is 21.9. The van der Waals surface area contributed by atoms with E-state index in [-0.39, 0.29) is 11.9 Å². The third-order valence-corrected chi connectivity index (χ3v) is 2.43. The van der Waals surface area contributed by atoms with Crippen LogP contribution >= 0.6 is 0 Å². The van der Waals surface area contributed by atoms with Crippen molar-refractivity contribution in [3.8, 4) is 5.75 Å². The van der Waals surface area contributed by atoms with Crippen LogP contribution in [0.3, 0.4) is 0 Å². The van der Waals surface area contributed by atoms with Gasteiger partial charge in [-0.3, -0.25) is 9.59 Å². The van der Waals surface area contributed by atoms with Gasteiger partial charge in [-0.15, -0.1) is 0 Å². The van der Waals surface area contributed by atoms with E-state index in [0.717, 1.165) is 5.56 Å². The summed E-state index contributed by atoms with van der Waals surface area (Å²) in [7, 11) is 0. The van der Waals surface area contributed by atoms with Crippen molar-refractivity contribution in [2.75, 3.05) is 0 Å². The normalized spacial score (nSPS) is 13.3. The smallest absolute Gasteiger partial charge is 0.308 e. The molecule has 0 saturated heterocycles. The topological polar surface area (TPSA) is 52.6 Å². The minimum absolute atomic E-state index is 0.380. The van der Waals surface area contributed by atoms with Gasteiger partial charge in [0.05, 0.1) is 0 Å². The van der Waals surface area contributed by atoms with E-state index in [1.54, 1.807) is 37.3 Å². The van der Waals surface area contributed by atoms with E-state index in [4.69, 9.17) is 9.47 Å². The Kier molecular flexibility index (Phi) is 4.26. The molecule has 96 valence electrons. The molecule has 0 aliphatic carbocycles. The molecule has 0 aliphatic rings. The Hall–Kier alpha value is -2.10. The van der Waals surface area contributed by atoms with Gasteiger partial charge in [0.1, 0.15) is 5.75 Å². The Morgan fingerprint density at radius 1 is 1.17 bits per heavy atom. The van der Waals surface area contributed by atoms with E-state index < -0.39 is 5.60 Å². The zero-order chi connectivity index (χ0) is 13.8. The number of benzene rings is 1. The summed E-state index contributed by atoms with van der Waals surface area (Å²) in [5.74, 6) is -0.323. The fraction of sp³-hybridized carbons (Fsp3) is 0.286. The molecule has 1 aromatic rings. The number of carbonyl (C=O) groups is 2.